The molecule has 0 amide bonds. The molecule has 1 heterocycles. The van der Waals surface area contributed by atoms with Crippen LogP contribution >= 0.6 is 0 Å². The molecule has 0 spiro atoms. The number of esters is 1. The Morgan fingerprint density at radius 3 is 2.60 bits per heavy atom. The van der Waals surface area contributed by atoms with Crippen LogP contribution in [0.15, 0.2) is 6.07 Å². The van der Waals surface area contributed by atoms with Crippen LogP contribution < -0.4 is 18.9 Å². The first-order chi connectivity index (χ1) is 12.2. The number of aryl methyl sites for hydroxylation is 1. The lowest BCUT2D eigenvalue weighted by molar-refractivity contribution is -0.149. The fraction of sp³-hybridized carbons (Fsp3) is 0.632. The third kappa shape index (κ3) is 3.94. The molecule has 2 aliphatic rings. The van der Waals surface area contributed by atoms with Crippen LogP contribution in [0.25, 0.3) is 0 Å². The molecule has 0 N–H and O–H groups in total. The van der Waals surface area contributed by atoms with Gasteiger partial charge in [0.25, 0.3) is 0 Å². The Kier molecular flexibility index (Phi) is 5.89. The molecule has 1 fully saturated rings. The van der Waals surface area contributed by atoms with E-state index in [-0.39, 0.29) is 18.7 Å². The van der Waals surface area contributed by atoms with E-state index in [0.717, 1.165) is 37.7 Å². The maximum absolute atomic E-state index is 12.1. The lowest BCUT2D eigenvalue weighted by Crippen LogP contribution is -2.20. The Hall–Kier alpha value is -2.11. The molecule has 1 aromatic carbocycles. The van der Waals surface area contributed by atoms with Gasteiger partial charge in [-0.1, -0.05) is 19.3 Å². The van der Waals surface area contributed by atoms with Gasteiger partial charge in [-0.05, 0) is 31.7 Å². The highest BCUT2D eigenvalue weighted by atomic mass is 16.7. The Labute approximate surface area is 148 Å². The molecule has 1 aliphatic carbocycles. The van der Waals surface area contributed by atoms with Crippen LogP contribution in [-0.4, -0.2) is 33.6 Å². The number of methoxy groups -OCH3 is 2. The predicted octanol–water partition coefficient (Wildman–Crippen LogP) is 3.49. The highest BCUT2D eigenvalue weighted by molar-refractivity contribution is 5.72. The van der Waals surface area contributed by atoms with Gasteiger partial charge in [0.2, 0.25) is 18.3 Å². The summed E-state index contributed by atoms with van der Waals surface area (Å²) < 4.78 is 27.3. The number of hydrogen-bond donors (Lipinski definition) is 0. The lowest BCUT2D eigenvalue weighted by Gasteiger charge is -2.20. The fourth-order valence-electron chi connectivity index (χ4n) is 3.53. The second kappa shape index (κ2) is 8.32. The molecule has 1 aromatic rings. The van der Waals surface area contributed by atoms with Crippen molar-refractivity contribution in [1.82, 2.24) is 0 Å². The fourth-order valence-corrected chi connectivity index (χ4v) is 3.53. The first-order valence-electron chi connectivity index (χ1n) is 8.94. The first kappa shape index (κ1) is 17.7. The van der Waals surface area contributed by atoms with Crippen molar-refractivity contribution in [2.45, 2.75) is 44.9 Å². The highest BCUT2D eigenvalue weighted by Crippen LogP contribution is 2.49. The summed E-state index contributed by atoms with van der Waals surface area (Å²) in [6, 6.07) is 1.91. The van der Waals surface area contributed by atoms with Crippen molar-refractivity contribution in [1.29, 1.82) is 0 Å². The third-order valence-electron chi connectivity index (χ3n) is 4.83. The van der Waals surface area contributed by atoms with Crippen molar-refractivity contribution in [2.24, 2.45) is 5.92 Å². The summed E-state index contributed by atoms with van der Waals surface area (Å²) in [5.74, 6) is 2.47. The summed E-state index contributed by atoms with van der Waals surface area (Å²) in [6.07, 6.45) is 6.85. The van der Waals surface area contributed by atoms with Crippen LogP contribution in [0.5, 0.6) is 23.0 Å². The molecular formula is C19H26O6. The zero-order valence-corrected chi connectivity index (χ0v) is 15.0. The summed E-state index contributed by atoms with van der Waals surface area (Å²) in [4.78, 5) is 12.1. The molecule has 138 valence electrons. The van der Waals surface area contributed by atoms with Gasteiger partial charge in [0.05, 0.1) is 26.7 Å². The van der Waals surface area contributed by atoms with Gasteiger partial charge in [-0.3, -0.25) is 4.79 Å². The van der Waals surface area contributed by atoms with E-state index in [2.05, 4.69) is 0 Å². The summed E-state index contributed by atoms with van der Waals surface area (Å²) in [6.45, 7) is 0.590. The van der Waals surface area contributed by atoms with Crippen molar-refractivity contribution in [3.05, 3.63) is 11.6 Å². The van der Waals surface area contributed by atoms with E-state index in [1.54, 1.807) is 14.2 Å². The van der Waals surface area contributed by atoms with Gasteiger partial charge < -0.3 is 23.7 Å². The van der Waals surface area contributed by atoms with Gasteiger partial charge in [0.15, 0.2) is 11.5 Å². The molecule has 0 radical (unpaired) electrons. The summed E-state index contributed by atoms with van der Waals surface area (Å²) >= 11 is 0. The number of rotatable bonds is 7. The summed E-state index contributed by atoms with van der Waals surface area (Å²) in [5, 5.41) is 0. The van der Waals surface area contributed by atoms with Gasteiger partial charge in [-0.2, -0.15) is 0 Å². The minimum absolute atomic E-state index is 0.0464. The van der Waals surface area contributed by atoms with E-state index in [1.165, 1.54) is 6.42 Å². The van der Waals surface area contributed by atoms with Gasteiger partial charge >= 0.3 is 5.97 Å². The van der Waals surface area contributed by atoms with Crippen molar-refractivity contribution in [2.75, 3.05) is 27.6 Å². The number of hydrogen-bond acceptors (Lipinski definition) is 6. The monoisotopic (exact) mass is 350 g/mol. The van der Waals surface area contributed by atoms with Crippen molar-refractivity contribution in [3.63, 3.8) is 0 Å². The van der Waals surface area contributed by atoms with E-state index < -0.39 is 0 Å². The average Bonchev–Trinajstić information content (AvgIpc) is 3.12. The maximum Gasteiger partial charge on any atom is 0.308 e. The first-order valence-corrected chi connectivity index (χ1v) is 8.94. The Balaban J connectivity index is 1.57. The van der Waals surface area contributed by atoms with E-state index in [4.69, 9.17) is 23.7 Å². The smallest absolute Gasteiger partial charge is 0.308 e. The van der Waals surface area contributed by atoms with Crippen LogP contribution in [0.2, 0.25) is 0 Å². The van der Waals surface area contributed by atoms with Crippen LogP contribution in [-0.2, 0) is 16.0 Å². The van der Waals surface area contributed by atoms with E-state index in [9.17, 15) is 4.79 Å². The molecular weight excluding hydrogens is 324 g/mol. The minimum atomic E-state index is -0.0464. The number of carbonyl (C=O) groups is 1. The Morgan fingerprint density at radius 2 is 1.88 bits per heavy atom. The second-order valence-corrected chi connectivity index (χ2v) is 6.44. The third-order valence-corrected chi connectivity index (χ3v) is 4.83. The van der Waals surface area contributed by atoms with Crippen molar-refractivity contribution >= 4 is 5.97 Å². The Morgan fingerprint density at radius 1 is 1.12 bits per heavy atom. The van der Waals surface area contributed by atoms with Crippen LogP contribution in [0.4, 0.5) is 0 Å². The molecule has 3 rings (SSSR count). The number of benzene rings is 1. The zero-order valence-electron chi connectivity index (χ0n) is 15.0. The normalized spacial score (nSPS) is 16.6. The predicted molar refractivity (Wildman–Crippen MR) is 91.5 cm³/mol. The van der Waals surface area contributed by atoms with E-state index in [0.29, 0.717) is 36.0 Å². The summed E-state index contributed by atoms with van der Waals surface area (Å²) in [5.41, 5.74) is 0.956. The standard InChI is InChI=1S/C19H26O6/c1-21-16-14(11-15-17(18(16)22-2)25-12-24-15)9-6-10-23-19(20)13-7-4-3-5-8-13/h11,13H,3-10,12H2,1-2H3. The Bertz CT molecular complexity index is 606. The molecule has 6 heteroatoms. The van der Waals surface area contributed by atoms with Crippen LogP contribution in [0, 0.1) is 5.92 Å². The molecule has 6 nitrogen and oxygen atoms in total. The molecule has 0 saturated heterocycles. The molecule has 1 aliphatic heterocycles. The second-order valence-electron chi connectivity index (χ2n) is 6.44. The van der Waals surface area contributed by atoms with E-state index in [1.807, 2.05) is 6.07 Å². The zero-order chi connectivity index (χ0) is 17.6. The molecule has 0 unspecified atom stereocenters. The van der Waals surface area contributed by atoms with Gasteiger partial charge in [0, 0.05) is 5.56 Å². The largest absolute Gasteiger partial charge is 0.492 e. The topological polar surface area (TPSA) is 63.2 Å². The lowest BCUT2D eigenvalue weighted by atomic mass is 9.89. The average molecular weight is 350 g/mol. The van der Waals surface area contributed by atoms with Crippen LogP contribution in [0.3, 0.4) is 0 Å². The van der Waals surface area contributed by atoms with Crippen LogP contribution in [0.1, 0.15) is 44.1 Å². The van der Waals surface area contributed by atoms with Gasteiger partial charge in [0.1, 0.15) is 0 Å². The molecule has 0 aromatic heterocycles. The SMILES string of the molecule is COc1c(CCCOC(=O)C2CCCCC2)cc2c(c1OC)OCO2. The highest BCUT2D eigenvalue weighted by Gasteiger charge is 2.26. The molecule has 0 atom stereocenters. The molecule has 25 heavy (non-hydrogen) atoms. The van der Waals surface area contributed by atoms with Crippen molar-refractivity contribution < 1.29 is 28.5 Å². The number of fused-ring (bicyclic) bond motifs is 1. The van der Waals surface area contributed by atoms with E-state index >= 15 is 0 Å². The molecule has 1 saturated carbocycles. The van der Waals surface area contributed by atoms with Gasteiger partial charge in [-0.25, -0.2) is 0 Å². The quantitative estimate of drug-likeness (QED) is 0.554. The number of ether oxygens (including phenoxy) is 5. The number of carbonyl (C=O) groups excluding carboxylic acids is 1. The summed E-state index contributed by atoms with van der Waals surface area (Å²) in [7, 11) is 3.18. The molecule has 0 bridgehead atoms. The minimum Gasteiger partial charge on any atom is -0.492 e. The van der Waals surface area contributed by atoms with Gasteiger partial charge in [-0.15, -0.1) is 0 Å². The van der Waals surface area contributed by atoms with Crippen molar-refractivity contribution in [3.8, 4) is 23.0 Å². The maximum atomic E-state index is 12.1.